The molecule has 1 atom stereocenters. The van der Waals surface area contributed by atoms with Gasteiger partial charge in [0.2, 0.25) is 9.84 Å². The Hall–Kier alpha value is -6.26. The SMILES string of the molecule is COc1ccccc1OP(Oc1ccccc1C=O)Oc1ccc(C(C)(C)CC(C)(C)C)cc1S(=O)(=O)c1cc(C(C)(C)CC(C)(C)C)ccc1OP(Oc1ccccc1C=O)Oc1ccccc1C=O. The lowest BCUT2D eigenvalue weighted by Crippen LogP contribution is -2.25. The van der Waals surface area contributed by atoms with Crippen LogP contribution in [0.1, 0.15) is 124 Å². The van der Waals surface area contributed by atoms with Crippen LogP contribution in [-0.4, -0.2) is 34.4 Å². The lowest BCUT2D eigenvalue weighted by Gasteiger charge is -2.34. The third-order valence-electron chi connectivity index (χ3n) is 11.2. The zero-order valence-electron chi connectivity index (χ0n) is 42.0. The molecule has 0 aliphatic rings. The summed E-state index contributed by atoms with van der Waals surface area (Å²) >= 11 is 0. The molecule has 0 bridgehead atoms. The average molecular weight is 1020 g/mol. The van der Waals surface area contributed by atoms with E-state index in [0.29, 0.717) is 48.6 Å². The van der Waals surface area contributed by atoms with Crippen LogP contribution in [0, 0.1) is 10.8 Å². The molecule has 0 N–H and O–H groups in total. The highest BCUT2D eigenvalue weighted by molar-refractivity contribution is 7.91. The van der Waals surface area contributed by atoms with E-state index in [1.54, 1.807) is 121 Å². The summed E-state index contributed by atoms with van der Waals surface area (Å²) in [6.45, 7) is 21.0. The van der Waals surface area contributed by atoms with E-state index in [1.807, 2.05) is 12.1 Å². The predicted octanol–water partition coefficient (Wildman–Crippen LogP) is 14.9. The highest BCUT2D eigenvalue weighted by Gasteiger charge is 2.37. The highest BCUT2D eigenvalue weighted by Crippen LogP contribution is 2.52. The van der Waals surface area contributed by atoms with Crippen molar-refractivity contribution in [2.45, 2.75) is 103 Å². The second-order valence-electron chi connectivity index (χ2n) is 20.7. The molecule has 15 heteroatoms. The first kappa shape index (κ1) is 54.1. The number of benzene rings is 6. The van der Waals surface area contributed by atoms with Crippen molar-refractivity contribution in [3.63, 3.8) is 0 Å². The fourth-order valence-corrected chi connectivity index (χ4v) is 12.5. The number of rotatable bonds is 22. The minimum atomic E-state index is -4.73. The molecule has 6 aromatic rings. The van der Waals surface area contributed by atoms with Crippen LogP contribution < -0.4 is 31.9 Å². The van der Waals surface area contributed by atoms with Crippen LogP contribution in [0.15, 0.2) is 143 Å². The van der Waals surface area contributed by atoms with Gasteiger partial charge in [-0.25, -0.2) is 8.42 Å². The molecule has 0 saturated heterocycles. The van der Waals surface area contributed by atoms with E-state index in [4.69, 9.17) is 31.9 Å². The molecule has 0 aliphatic heterocycles. The van der Waals surface area contributed by atoms with Crippen molar-refractivity contribution in [1.82, 2.24) is 0 Å². The molecular formula is C56H62O12P2S. The fourth-order valence-electron chi connectivity index (χ4n) is 8.67. The number of sulfone groups is 1. The average Bonchev–Trinajstić information content (AvgIpc) is 3.30. The van der Waals surface area contributed by atoms with Crippen molar-refractivity contribution < 1.29 is 54.7 Å². The van der Waals surface area contributed by atoms with Crippen LogP contribution in [0.3, 0.4) is 0 Å². The monoisotopic (exact) mass is 1020 g/mol. The Balaban J connectivity index is 1.60. The van der Waals surface area contributed by atoms with Gasteiger partial charge in [-0.1, -0.05) is 130 Å². The topological polar surface area (TPSA) is 150 Å². The zero-order chi connectivity index (χ0) is 51.8. The summed E-state index contributed by atoms with van der Waals surface area (Å²) in [5.74, 6) is 0.676. The van der Waals surface area contributed by atoms with E-state index in [0.717, 1.165) is 0 Å². The van der Waals surface area contributed by atoms with Crippen LogP contribution in [-0.2, 0) is 20.7 Å². The normalized spacial score (nSPS) is 12.6. The first-order valence-corrected chi connectivity index (χ1v) is 26.6. The van der Waals surface area contributed by atoms with E-state index >= 15 is 8.42 Å². The minimum Gasteiger partial charge on any atom is -0.493 e. The third-order valence-corrected chi connectivity index (χ3v) is 15.1. The molecule has 374 valence electrons. The van der Waals surface area contributed by atoms with Crippen molar-refractivity contribution in [1.29, 1.82) is 0 Å². The second-order valence-corrected chi connectivity index (χ2v) is 24.6. The Bertz CT molecular complexity index is 2900. The number of carbonyl (C=O) groups excluding carboxylic acids is 3. The quantitative estimate of drug-likeness (QED) is 0.0470. The Labute approximate surface area is 420 Å². The van der Waals surface area contributed by atoms with E-state index < -0.39 is 37.9 Å². The first-order chi connectivity index (χ1) is 33.5. The molecular weight excluding hydrogens is 959 g/mol. The van der Waals surface area contributed by atoms with E-state index in [2.05, 4.69) is 69.2 Å². The van der Waals surface area contributed by atoms with E-state index in [1.165, 1.54) is 7.11 Å². The van der Waals surface area contributed by atoms with Gasteiger partial charge in [0.1, 0.15) is 38.5 Å². The Morgan fingerprint density at radius 1 is 0.408 bits per heavy atom. The largest absolute Gasteiger partial charge is 0.530 e. The second kappa shape index (κ2) is 22.4. The Morgan fingerprint density at radius 3 is 1.03 bits per heavy atom. The van der Waals surface area contributed by atoms with Crippen LogP contribution in [0.25, 0.3) is 0 Å². The van der Waals surface area contributed by atoms with Gasteiger partial charge in [0, 0.05) is 0 Å². The summed E-state index contributed by atoms with van der Waals surface area (Å²) in [5, 5.41) is 0. The van der Waals surface area contributed by atoms with Gasteiger partial charge in [-0.3, -0.25) is 14.4 Å². The summed E-state index contributed by atoms with van der Waals surface area (Å²) in [6.07, 6.45) is 3.24. The maximum Gasteiger partial charge on any atom is 0.530 e. The van der Waals surface area contributed by atoms with Crippen molar-refractivity contribution in [2.75, 3.05) is 7.11 Å². The molecule has 6 rings (SSSR count). The smallest absolute Gasteiger partial charge is 0.493 e. The lowest BCUT2D eigenvalue weighted by molar-refractivity contribution is 0.111. The molecule has 0 heterocycles. The molecule has 0 aliphatic carbocycles. The molecule has 6 aromatic carbocycles. The number of para-hydroxylation sites is 5. The van der Waals surface area contributed by atoms with Gasteiger partial charge in [0.05, 0.1) is 23.8 Å². The zero-order valence-corrected chi connectivity index (χ0v) is 44.7. The summed E-state index contributed by atoms with van der Waals surface area (Å²) < 4.78 is 76.5. The molecule has 0 aromatic heterocycles. The predicted molar refractivity (Wildman–Crippen MR) is 279 cm³/mol. The third kappa shape index (κ3) is 14.0. The van der Waals surface area contributed by atoms with Gasteiger partial charge in [-0.15, -0.1) is 0 Å². The first-order valence-electron chi connectivity index (χ1n) is 22.9. The van der Waals surface area contributed by atoms with Gasteiger partial charge in [0.15, 0.2) is 30.4 Å². The van der Waals surface area contributed by atoms with Crippen LogP contribution >= 0.6 is 17.2 Å². The number of ether oxygens (including phenoxy) is 1. The molecule has 0 fully saturated rings. The molecule has 1 unspecified atom stereocenters. The van der Waals surface area contributed by atoms with E-state index in [-0.39, 0.29) is 71.8 Å². The Morgan fingerprint density at radius 2 is 0.704 bits per heavy atom. The Kier molecular flexibility index (Phi) is 17.1. The van der Waals surface area contributed by atoms with Gasteiger partial charge in [-0.2, -0.15) is 0 Å². The standard InChI is InChI=1S/C56H62O12P2S/c1-53(2,3)37-55(7,8)42-28-30-49(67-69(63-44-23-15-12-20-39(44)34-57)64-45-24-16-13-21-40(45)35-58)51(32-42)71(60,61)52-33-43(56(9,10)38-54(4,5)6)29-31-50(52)68-70(65-46-25-17-14-22-41(46)36-59)66-48-27-19-18-26-47(48)62-11/h12-36H,37-38H2,1-11H3. The molecule has 12 nitrogen and oxygen atoms in total. The van der Waals surface area contributed by atoms with Gasteiger partial charge < -0.3 is 31.9 Å². The molecule has 0 saturated carbocycles. The maximum absolute atomic E-state index is 16.1. The summed E-state index contributed by atoms with van der Waals surface area (Å²) in [7, 11) is -8.48. The number of hydrogen-bond donors (Lipinski definition) is 0. The lowest BCUT2D eigenvalue weighted by atomic mass is 9.72. The number of methoxy groups -OCH3 is 1. The molecule has 0 radical (unpaired) electrons. The summed E-state index contributed by atoms with van der Waals surface area (Å²) in [4.78, 5) is 36.2. The van der Waals surface area contributed by atoms with Crippen LogP contribution in [0.5, 0.6) is 40.2 Å². The van der Waals surface area contributed by atoms with Crippen LogP contribution in [0.4, 0.5) is 0 Å². The van der Waals surface area contributed by atoms with Gasteiger partial charge in [-0.05, 0) is 118 Å². The van der Waals surface area contributed by atoms with Crippen molar-refractivity contribution >= 4 is 45.9 Å². The minimum absolute atomic E-state index is 0.105. The summed E-state index contributed by atoms with van der Waals surface area (Å²) in [5.41, 5.74) is 0.573. The van der Waals surface area contributed by atoms with E-state index in [9.17, 15) is 14.4 Å². The fraction of sp³-hybridized carbons (Fsp3) is 0.304. The van der Waals surface area contributed by atoms with Crippen molar-refractivity contribution in [3.05, 3.63) is 161 Å². The number of hydrogen-bond acceptors (Lipinski definition) is 12. The number of aldehydes is 3. The highest BCUT2D eigenvalue weighted by atomic mass is 32.2. The van der Waals surface area contributed by atoms with Crippen molar-refractivity contribution in [3.8, 4) is 40.2 Å². The van der Waals surface area contributed by atoms with Gasteiger partial charge in [0.25, 0.3) is 0 Å². The van der Waals surface area contributed by atoms with Crippen LogP contribution in [0.2, 0.25) is 0 Å². The summed E-state index contributed by atoms with van der Waals surface area (Å²) in [6, 6.07) is 36.3. The van der Waals surface area contributed by atoms with Gasteiger partial charge >= 0.3 is 17.2 Å². The molecule has 0 amide bonds. The maximum atomic E-state index is 16.1. The van der Waals surface area contributed by atoms with Crippen molar-refractivity contribution in [2.24, 2.45) is 10.8 Å². The molecule has 0 spiro atoms. The molecule has 71 heavy (non-hydrogen) atoms. The number of carbonyl (C=O) groups is 3.